The van der Waals surface area contributed by atoms with Crippen LogP contribution >= 0.6 is 0 Å². The van der Waals surface area contributed by atoms with Crippen LogP contribution in [-0.2, 0) is 0 Å². The molecular weight excluding hydrogens is 258 g/mol. The second kappa shape index (κ2) is 5.92. The molecule has 6 nitrogen and oxygen atoms in total. The number of anilines is 2. The number of nitrogens with one attached hydrogen (secondary N) is 1. The maximum atomic E-state index is 12.1. The largest absolute Gasteiger partial charge is 0.497 e. The minimum Gasteiger partial charge on any atom is -0.497 e. The fourth-order valence-electron chi connectivity index (χ4n) is 1.69. The first-order chi connectivity index (χ1) is 9.65. The van der Waals surface area contributed by atoms with Crippen LogP contribution < -0.4 is 20.5 Å². The van der Waals surface area contributed by atoms with Gasteiger partial charge >= 0.3 is 0 Å². The van der Waals surface area contributed by atoms with E-state index in [1.54, 1.807) is 37.4 Å². The Bertz CT molecular complexity index is 629. The quantitative estimate of drug-likeness (QED) is 0.889. The highest BCUT2D eigenvalue weighted by atomic mass is 16.5. The van der Waals surface area contributed by atoms with Crippen molar-refractivity contribution in [2.24, 2.45) is 0 Å². The van der Waals surface area contributed by atoms with E-state index in [4.69, 9.17) is 15.2 Å². The number of hydrogen-bond acceptors (Lipinski definition) is 5. The average Bonchev–Trinajstić information content (AvgIpc) is 2.48. The van der Waals surface area contributed by atoms with Crippen LogP contribution in [0.2, 0.25) is 0 Å². The molecule has 0 spiro atoms. The molecule has 1 aromatic carbocycles. The summed E-state index contributed by atoms with van der Waals surface area (Å²) in [6.45, 7) is 0. The molecule has 0 saturated heterocycles. The summed E-state index contributed by atoms with van der Waals surface area (Å²) in [5.74, 6) is 0.732. The van der Waals surface area contributed by atoms with Crippen molar-refractivity contribution in [3.63, 3.8) is 0 Å². The van der Waals surface area contributed by atoms with E-state index in [1.807, 2.05) is 0 Å². The number of benzene rings is 1. The van der Waals surface area contributed by atoms with Crippen molar-refractivity contribution in [3.05, 3.63) is 42.2 Å². The lowest BCUT2D eigenvalue weighted by Crippen LogP contribution is -2.16. The monoisotopic (exact) mass is 273 g/mol. The summed E-state index contributed by atoms with van der Waals surface area (Å²) in [4.78, 5) is 16.1. The van der Waals surface area contributed by atoms with Crippen LogP contribution in [0.15, 0.2) is 36.5 Å². The molecule has 2 aromatic rings. The van der Waals surface area contributed by atoms with E-state index in [0.717, 1.165) is 0 Å². The van der Waals surface area contributed by atoms with Crippen LogP contribution in [-0.4, -0.2) is 25.1 Å². The van der Waals surface area contributed by atoms with Crippen molar-refractivity contribution < 1.29 is 14.3 Å². The molecule has 0 atom stereocenters. The molecule has 0 aliphatic rings. The summed E-state index contributed by atoms with van der Waals surface area (Å²) in [5.41, 5.74) is 6.72. The van der Waals surface area contributed by atoms with Gasteiger partial charge in [0.15, 0.2) is 5.69 Å². The Morgan fingerprint density at radius 2 is 2.05 bits per heavy atom. The van der Waals surface area contributed by atoms with E-state index >= 15 is 0 Å². The summed E-state index contributed by atoms with van der Waals surface area (Å²) in [5, 5.41) is 2.71. The van der Waals surface area contributed by atoms with Gasteiger partial charge in [0.05, 0.1) is 25.6 Å². The van der Waals surface area contributed by atoms with Crippen molar-refractivity contribution in [2.45, 2.75) is 0 Å². The molecule has 0 aliphatic heterocycles. The lowest BCUT2D eigenvalue weighted by molar-refractivity contribution is 0.102. The van der Waals surface area contributed by atoms with Gasteiger partial charge in [-0.25, -0.2) is 4.98 Å². The Hall–Kier alpha value is -2.76. The van der Waals surface area contributed by atoms with Crippen molar-refractivity contribution in [3.8, 4) is 11.5 Å². The van der Waals surface area contributed by atoms with Gasteiger partial charge in [-0.2, -0.15) is 0 Å². The number of hydrogen-bond donors (Lipinski definition) is 2. The second-order valence-corrected chi connectivity index (χ2v) is 3.96. The van der Waals surface area contributed by atoms with Gasteiger partial charge in [-0.3, -0.25) is 4.79 Å². The van der Waals surface area contributed by atoms with Gasteiger partial charge in [-0.15, -0.1) is 0 Å². The first-order valence-corrected chi connectivity index (χ1v) is 5.89. The summed E-state index contributed by atoms with van der Waals surface area (Å²) < 4.78 is 10.3. The van der Waals surface area contributed by atoms with Gasteiger partial charge in [0.25, 0.3) is 5.91 Å². The highest BCUT2D eigenvalue weighted by Gasteiger charge is 2.13. The number of nitrogens with two attached hydrogens (primary N) is 1. The number of pyridine rings is 1. The van der Waals surface area contributed by atoms with Gasteiger partial charge in [-0.1, -0.05) is 0 Å². The molecule has 2 rings (SSSR count). The lowest BCUT2D eigenvalue weighted by atomic mass is 10.2. The molecule has 0 saturated carbocycles. The van der Waals surface area contributed by atoms with E-state index in [2.05, 4.69) is 10.3 Å². The molecule has 0 aliphatic carbocycles. The number of aromatic nitrogens is 1. The van der Waals surface area contributed by atoms with Crippen LogP contribution in [0.25, 0.3) is 0 Å². The van der Waals surface area contributed by atoms with Crippen molar-refractivity contribution in [1.82, 2.24) is 4.98 Å². The molecule has 6 heteroatoms. The Labute approximate surface area is 116 Å². The van der Waals surface area contributed by atoms with Gasteiger partial charge in [0.2, 0.25) is 0 Å². The minimum atomic E-state index is -0.397. The van der Waals surface area contributed by atoms with Gasteiger partial charge < -0.3 is 20.5 Å². The predicted octanol–water partition coefficient (Wildman–Crippen LogP) is 1.93. The predicted molar refractivity (Wildman–Crippen MR) is 76.1 cm³/mol. The molecule has 1 aromatic heterocycles. The third kappa shape index (κ3) is 2.80. The summed E-state index contributed by atoms with van der Waals surface area (Å²) in [7, 11) is 3.07. The highest BCUT2D eigenvalue weighted by Crippen LogP contribution is 2.29. The second-order valence-electron chi connectivity index (χ2n) is 3.96. The van der Waals surface area contributed by atoms with Crippen LogP contribution in [0, 0.1) is 0 Å². The molecule has 20 heavy (non-hydrogen) atoms. The Morgan fingerprint density at radius 1 is 1.25 bits per heavy atom. The topological polar surface area (TPSA) is 86.5 Å². The molecule has 0 bridgehead atoms. The average molecular weight is 273 g/mol. The maximum Gasteiger partial charge on any atom is 0.276 e. The number of ether oxygens (including phenoxy) is 2. The van der Waals surface area contributed by atoms with Crippen LogP contribution in [0.1, 0.15) is 10.5 Å². The summed E-state index contributed by atoms with van der Waals surface area (Å²) in [6.07, 6.45) is 1.51. The minimum absolute atomic E-state index is 0.172. The fourth-order valence-corrected chi connectivity index (χ4v) is 1.69. The van der Waals surface area contributed by atoms with Crippen LogP contribution in [0.3, 0.4) is 0 Å². The van der Waals surface area contributed by atoms with Crippen molar-refractivity contribution >= 4 is 17.3 Å². The zero-order chi connectivity index (χ0) is 14.5. The van der Waals surface area contributed by atoms with Gasteiger partial charge in [0, 0.05) is 12.3 Å². The normalized spacial score (nSPS) is 9.90. The molecule has 0 fully saturated rings. The van der Waals surface area contributed by atoms with E-state index < -0.39 is 5.91 Å². The summed E-state index contributed by atoms with van der Waals surface area (Å²) >= 11 is 0. The van der Waals surface area contributed by atoms with Crippen LogP contribution in [0.5, 0.6) is 11.5 Å². The Morgan fingerprint density at radius 3 is 2.70 bits per heavy atom. The number of nitrogens with zero attached hydrogens (tertiary/aromatic N) is 1. The smallest absolute Gasteiger partial charge is 0.276 e. The molecule has 1 heterocycles. The standard InChI is InChI=1S/C14H15N3O3/c1-19-9-5-6-11(12(8-9)20-2)17-14(18)13-10(15)4-3-7-16-13/h3-8H,15H2,1-2H3,(H,17,18). The molecule has 3 N–H and O–H groups in total. The third-order valence-electron chi connectivity index (χ3n) is 2.71. The Balaban J connectivity index is 2.26. The lowest BCUT2D eigenvalue weighted by Gasteiger charge is -2.11. The number of rotatable bonds is 4. The van der Waals surface area contributed by atoms with Crippen molar-refractivity contribution in [2.75, 3.05) is 25.3 Å². The van der Waals surface area contributed by atoms with E-state index in [1.165, 1.54) is 13.3 Å². The highest BCUT2D eigenvalue weighted by molar-refractivity contribution is 6.06. The SMILES string of the molecule is COc1ccc(NC(=O)c2ncccc2N)c(OC)c1. The number of carbonyl (C=O) groups is 1. The molecule has 1 amide bonds. The number of nitrogen functional groups attached to an aromatic ring is 1. The third-order valence-corrected chi connectivity index (χ3v) is 2.71. The van der Waals surface area contributed by atoms with Gasteiger partial charge in [0.1, 0.15) is 11.5 Å². The first kappa shape index (κ1) is 13.7. The van der Waals surface area contributed by atoms with E-state index in [9.17, 15) is 4.79 Å². The molecule has 0 unspecified atom stereocenters. The Kier molecular flexibility index (Phi) is 4.05. The van der Waals surface area contributed by atoms with E-state index in [-0.39, 0.29) is 5.69 Å². The number of carbonyl (C=O) groups excluding carboxylic acids is 1. The molecule has 104 valence electrons. The molecule has 0 radical (unpaired) electrons. The number of amides is 1. The zero-order valence-electron chi connectivity index (χ0n) is 11.2. The van der Waals surface area contributed by atoms with E-state index in [0.29, 0.717) is 22.9 Å². The first-order valence-electron chi connectivity index (χ1n) is 5.89. The molecular formula is C14H15N3O3. The van der Waals surface area contributed by atoms with Crippen LogP contribution in [0.4, 0.5) is 11.4 Å². The number of methoxy groups -OCH3 is 2. The summed E-state index contributed by atoms with van der Waals surface area (Å²) in [6, 6.07) is 8.37. The fraction of sp³-hybridized carbons (Fsp3) is 0.143. The zero-order valence-corrected chi connectivity index (χ0v) is 11.2. The van der Waals surface area contributed by atoms with Crippen molar-refractivity contribution in [1.29, 1.82) is 0 Å². The van der Waals surface area contributed by atoms with Gasteiger partial charge in [-0.05, 0) is 24.3 Å². The maximum absolute atomic E-state index is 12.1.